The zero-order valence-corrected chi connectivity index (χ0v) is 12.0. The Labute approximate surface area is 122 Å². The van der Waals surface area contributed by atoms with Crippen LogP contribution in [0, 0.1) is 11.6 Å². The Hall–Kier alpha value is -1.53. The highest BCUT2D eigenvalue weighted by Gasteiger charge is 2.12. The number of anilines is 2. The monoisotopic (exact) mass is 342 g/mol. The van der Waals surface area contributed by atoms with E-state index in [0.29, 0.717) is 5.69 Å². The molecule has 0 unspecified atom stereocenters. The lowest BCUT2D eigenvalue weighted by Crippen LogP contribution is -2.11. The van der Waals surface area contributed by atoms with Crippen molar-refractivity contribution in [1.82, 2.24) is 0 Å². The summed E-state index contributed by atoms with van der Waals surface area (Å²) in [5, 5.41) is 2.68. The van der Waals surface area contributed by atoms with Crippen molar-refractivity contribution < 1.29 is 8.78 Å². The van der Waals surface area contributed by atoms with E-state index in [9.17, 15) is 8.78 Å². The minimum atomic E-state index is -0.747. The van der Waals surface area contributed by atoms with Crippen molar-refractivity contribution in [3.05, 3.63) is 58.1 Å². The van der Waals surface area contributed by atoms with Gasteiger partial charge in [-0.1, -0.05) is 34.2 Å². The van der Waals surface area contributed by atoms with E-state index in [4.69, 9.17) is 5.73 Å². The first-order valence-corrected chi connectivity index (χ1v) is 6.49. The lowest BCUT2D eigenvalue weighted by Gasteiger charge is -2.10. The average molecular weight is 343 g/mol. The highest BCUT2D eigenvalue weighted by molar-refractivity contribution is 9.10. The van der Waals surface area contributed by atoms with Crippen molar-refractivity contribution in [2.24, 2.45) is 5.73 Å². The number of hydrogen-bond acceptors (Lipinski definition) is 2. The summed E-state index contributed by atoms with van der Waals surface area (Å²) in [6.07, 6.45) is 0. The SMILES string of the molecule is NC(=S)c1cc(F)c(Nc2cccc(Br)c2)c(F)c1. The van der Waals surface area contributed by atoms with Crippen LogP contribution in [0.2, 0.25) is 0 Å². The topological polar surface area (TPSA) is 38.0 Å². The largest absolute Gasteiger partial charge is 0.389 e. The van der Waals surface area contributed by atoms with Gasteiger partial charge in [0.25, 0.3) is 0 Å². The quantitative estimate of drug-likeness (QED) is 0.824. The van der Waals surface area contributed by atoms with Gasteiger partial charge < -0.3 is 11.1 Å². The molecule has 6 heteroatoms. The second-order valence-electron chi connectivity index (χ2n) is 3.81. The van der Waals surface area contributed by atoms with E-state index in [-0.39, 0.29) is 16.2 Å². The number of hydrogen-bond donors (Lipinski definition) is 2. The zero-order valence-electron chi connectivity index (χ0n) is 9.58. The second-order valence-corrected chi connectivity index (χ2v) is 5.17. The molecule has 19 heavy (non-hydrogen) atoms. The van der Waals surface area contributed by atoms with Crippen LogP contribution in [0.25, 0.3) is 0 Å². The fourth-order valence-electron chi connectivity index (χ4n) is 1.55. The first-order chi connectivity index (χ1) is 8.97. The maximum Gasteiger partial charge on any atom is 0.150 e. The Kier molecular flexibility index (Phi) is 4.11. The van der Waals surface area contributed by atoms with E-state index >= 15 is 0 Å². The Bertz CT molecular complexity index is 623. The predicted molar refractivity (Wildman–Crippen MR) is 79.7 cm³/mol. The van der Waals surface area contributed by atoms with Gasteiger partial charge in [0.15, 0.2) is 0 Å². The third-order valence-corrected chi connectivity index (χ3v) is 3.15. The molecule has 0 fully saturated rings. The standard InChI is InChI=1S/C13H9BrF2N2S/c14-8-2-1-3-9(6-8)18-12-10(15)4-7(13(17)19)5-11(12)16/h1-6,18H,(H2,17,19). The van der Waals surface area contributed by atoms with E-state index in [1.165, 1.54) is 0 Å². The normalized spacial score (nSPS) is 10.3. The molecule has 0 amide bonds. The number of benzene rings is 2. The molecule has 0 bridgehead atoms. The molecule has 2 aromatic rings. The number of nitrogens with one attached hydrogen (secondary N) is 1. The van der Waals surface area contributed by atoms with Crippen molar-refractivity contribution in [3.8, 4) is 0 Å². The first-order valence-electron chi connectivity index (χ1n) is 5.29. The van der Waals surface area contributed by atoms with Gasteiger partial charge in [0.1, 0.15) is 22.3 Å². The van der Waals surface area contributed by atoms with Gasteiger partial charge in [-0.25, -0.2) is 8.78 Å². The molecule has 0 aliphatic rings. The van der Waals surface area contributed by atoms with Crippen molar-refractivity contribution in [2.75, 3.05) is 5.32 Å². The fourth-order valence-corrected chi connectivity index (χ4v) is 2.06. The van der Waals surface area contributed by atoms with E-state index in [1.807, 2.05) is 6.07 Å². The van der Waals surface area contributed by atoms with Crippen molar-refractivity contribution in [3.63, 3.8) is 0 Å². The van der Waals surface area contributed by atoms with Crippen molar-refractivity contribution in [2.45, 2.75) is 0 Å². The van der Waals surface area contributed by atoms with Crippen LogP contribution in [-0.4, -0.2) is 4.99 Å². The fraction of sp³-hybridized carbons (Fsp3) is 0. The second kappa shape index (κ2) is 5.63. The minimum absolute atomic E-state index is 0.0493. The molecular weight excluding hydrogens is 334 g/mol. The summed E-state index contributed by atoms with van der Waals surface area (Å²) >= 11 is 7.97. The van der Waals surface area contributed by atoms with Crippen LogP contribution in [-0.2, 0) is 0 Å². The van der Waals surface area contributed by atoms with Crippen LogP contribution in [0.4, 0.5) is 20.2 Å². The van der Waals surface area contributed by atoms with Gasteiger partial charge in [0.2, 0.25) is 0 Å². The number of nitrogens with two attached hydrogens (primary N) is 1. The van der Waals surface area contributed by atoms with Gasteiger partial charge in [-0.15, -0.1) is 0 Å². The summed E-state index contributed by atoms with van der Waals surface area (Å²) < 4.78 is 28.5. The van der Waals surface area contributed by atoms with Gasteiger partial charge in [0.05, 0.1) is 0 Å². The van der Waals surface area contributed by atoms with Crippen LogP contribution < -0.4 is 11.1 Å². The summed E-state index contributed by atoms with van der Waals surface area (Å²) in [6, 6.07) is 9.18. The molecule has 98 valence electrons. The molecule has 2 aromatic carbocycles. The van der Waals surface area contributed by atoms with Crippen LogP contribution in [0.5, 0.6) is 0 Å². The lowest BCUT2D eigenvalue weighted by molar-refractivity contribution is 0.590. The first kappa shape index (κ1) is 13.9. The molecule has 0 heterocycles. The number of thiocarbonyl (C=S) groups is 1. The van der Waals surface area contributed by atoms with Crippen LogP contribution >= 0.6 is 28.1 Å². The molecule has 0 saturated carbocycles. The van der Waals surface area contributed by atoms with Crippen LogP contribution in [0.15, 0.2) is 40.9 Å². The average Bonchev–Trinajstić information content (AvgIpc) is 2.33. The van der Waals surface area contributed by atoms with Crippen molar-refractivity contribution in [1.29, 1.82) is 0 Å². The predicted octanol–water partition coefficient (Wildman–Crippen LogP) is 4.11. The highest BCUT2D eigenvalue weighted by Crippen LogP contribution is 2.26. The van der Waals surface area contributed by atoms with E-state index in [1.54, 1.807) is 18.2 Å². The maximum absolute atomic E-state index is 13.8. The van der Waals surface area contributed by atoms with Crippen LogP contribution in [0.3, 0.4) is 0 Å². The van der Waals surface area contributed by atoms with Gasteiger partial charge in [-0.05, 0) is 30.3 Å². The highest BCUT2D eigenvalue weighted by atomic mass is 79.9. The zero-order chi connectivity index (χ0) is 14.0. The molecule has 0 aliphatic carbocycles. The van der Waals surface area contributed by atoms with Gasteiger partial charge in [-0.3, -0.25) is 0 Å². The molecule has 2 rings (SSSR count). The Morgan fingerprint density at radius 1 is 1.16 bits per heavy atom. The molecular formula is C13H9BrF2N2S. The van der Waals surface area contributed by atoms with Gasteiger partial charge >= 0.3 is 0 Å². The van der Waals surface area contributed by atoms with Crippen molar-refractivity contribution >= 4 is 44.5 Å². The molecule has 0 aromatic heterocycles. The molecule has 0 radical (unpaired) electrons. The maximum atomic E-state index is 13.8. The van der Waals surface area contributed by atoms with E-state index in [0.717, 1.165) is 16.6 Å². The summed E-state index contributed by atoms with van der Waals surface area (Å²) in [4.78, 5) is -0.0493. The van der Waals surface area contributed by atoms with Gasteiger partial charge in [0, 0.05) is 15.7 Å². The third kappa shape index (κ3) is 3.27. The lowest BCUT2D eigenvalue weighted by atomic mass is 10.1. The Morgan fingerprint density at radius 3 is 2.32 bits per heavy atom. The summed E-state index contributed by atoms with van der Waals surface area (Å²) in [5.41, 5.74) is 5.83. The number of rotatable bonds is 3. The van der Waals surface area contributed by atoms with Gasteiger partial charge in [-0.2, -0.15) is 0 Å². The molecule has 0 atom stereocenters. The smallest absolute Gasteiger partial charge is 0.150 e. The molecule has 2 nitrogen and oxygen atoms in total. The Balaban J connectivity index is 2.38. The molecule has 3 N–H and O–H groups in total. The summed E-state index contributed by atoms with van der Waals surface area (Å²) in [6.45, 7) is 0. The van der Waals surface area contributed by atoms with Crippen LogP contribution in [0.1, 0.15) is 5.56 Å². The Morgan fingerprint density at radius 2 is 1.79 bits per heavy atom. The van der Waals surface area contributed by atoms with E-state index in [2.05, 4.69) is 33.5 Å². The molecule has 0 saturated heterocycles. The summed E-state index contributed by atoms with van der Waals surface area (Å²) in [5.74, 6) is -1.49. The third-order valence-electron chi connectivity index (χ3n) is 2.42. The van der Waals surface area contributed by atoms with E-state index < -0.39 is 11.6 Å². The molecule has 0 aliphatic heterocycles. The minimum Gasteiger partial charge on any atom is -0.389 e. The summed E-state index contributed by atoms with van der Waals surface area (Å²) in [7, 11) is 0. The number of halogens is 3. The molecule has 0 spiro atoms.